The smallest absolute Gasteiger partial charge is 0.248 e. The fourth-order valence-electron chi connectivity index (χ4n) is 2.59. The van der Waals surface area contributed by atoms with Crippen LogP contribution in [0.15, 0.2) is 66.7 Å². The fraction of sp³-hybridized carbons (Fsp3) is 0.0952. The lowest BCUT2D eigenvalue weighted by Crippen LogP contribution is -2.10. The van der Waals surface area contributed by atoms with Gasteiger partial charge in [-0.3, -0.25) is 4.79 Å². The van der Waals surface area contributed by atoms with E-state index in [-0.39, 0.29) is 0 Å². The summed E-state index contributed by atoms with van der Waals surface area (Å²) in [6.45, 7) is 0.375. The van der Waals surface area contributed by atoms with E-state index in [4.69, 9.17) is 26.8 Å². The molecule has 0 aromatic heterocycles. The quantitative estimate of drug-likeness (QED) is 0.687. The van der Waals surface area contributed by atoms with E-state index in [1.807, 2.05) is 42.5 Å². The molecule has 0 aliphatic heterocycles. The highest BCUT2D eigenvalue weighted by Crippen LogP contribution is 2.30. The van der Waals surface area contributed by atoms with Crippen LogP contribution in [-0.4, -0.2) is 13.0 Å². The summed E-state index contributed by atoms with van der Waals surface area (Å²) >= 11 is 6.21. The molecule has 0 bridgehead atoms. The molecule has 3 rings (SSSR count). The van der Waals surface area contributed by atoms with Gasteiger partial charge in [0.05, 0.1) is 12.1 Å². The minimum atomic E-state index is -0.478. The Morgan fingerprint density at radius 2 is 1.77 bits per heavy atom. The highest BCUT2D eigenvalue weighted by molar-refractivity contribution is 6.32. The summed E-state index contributed by atoms with van der Waals surface area (Å²) in [4.78, 5) is 11.2. The van der Waals surface area contributed by atoms with Crippen LogP contribution in [0.3, 0.4) is 0 Å². The molecule has 0 unspecified atom stereocenters. The first kappa shape index (κ1) is 17.8. The van der Waals surface area contributed by atoms with Crippen LogP contribution >= 0.6 is 11.6 Å². The van der Waals surface area contributed by atoms with Crippen molar-refractivity contribution in [2.75, 3.05) is 7.11 Å². The molecule has 4 nitrogen and oxygen atoms in total. The number of halogens is 1. The monoisotopic (exact) mass is 367 g/mol. The van der Waals surface area contributed by atoms with E-state index in [2.05, 4.69) is 0 Å². The largest absolute Gasteiger partial charge is 0.495 e. The zero-order valence-electron chi connectivity index (χ0n) is 14.2. The summed E-state index contributed by atoms with van der Waals surface area (Å²) in [6.07, 6.45) is 0. The second-order valence-corrected chi connectivity index (χ2v) is 6.14. The third-order valence-corrected chi connectivity index (χ3v) is 4.23. The number of primary amides is 1. The maximum Gasteiger partial charge on any atom is 0.248 e. The normalized spacial score (nSPS) is 10.4. The topological polar surface area (TPSA) is 61.6 Å². The van der Waals surface area contributed by atoms with E-state index < -0.39 is 5.91 Å². The van der Waals surface area contributed by atoms with E-state index in [0.29, 0.717) is 28.7 Å². The molecule has 0 saturated carbocycles. The van der Waals surface area contributed by atoms with Crippen LogP contribution in [0.5, 0.6) is 11.5 Å². The van der Waals surface area contributed by atoms with Crippen LogP contribution in [0.25, 0.3) is 11.1 Å². The third-order valence-electron chi connectivity index (χ3n) is 3.94. The summed E-state index contributed by atoms with van der Waals surface area (Å²) in [5.41, 5.74) is 8.74. The molecule has 0 radical (unpaired) electrons. The highest BCUT2D eigenvalue weighted by Gasteiger charge is 2.06. The first-order chi connectivity index (χ1) is 12.6. The number of benzene rings is 3. The van der Waals surface area contributed by atoms with Gasteiger partial charge < -0.3 is 15.2 Å². The number of carbonyl (C=O) groups is 1. The minimum Gasteiger partial charge on any atom is -0.495 e. The molecule has 0 saturated heterocycles. The number of amides is 1. The lowest BCUT2D eigenvalue weighted by atomic mass is 10.0. The third kappa shape index (κ3) is 4.16. The number of methoxy groups -OCH3 is 1. The molecule has 0 heterocycles. The summed E-state index contributed by atoms with van der Waals surface area (Å²) < 4.78 is 11.0. The molecule has 5 heteroatoms. The number of rotatable bonds is 6. The van der Waals surface area contributed by atoms with Crippen molar-refractivity contribution in [3.05, 3.63) is 82.9 Å². The molecular weight excluding hydrogens is 350 g/mol. The van der Waals surface area contributed by atoms with Gasteiger partial charge in [-0.15, -0.1) is 0 Å². The van der Waals surface area contributed by atoms with Gasteiger partial charge >= 0.3 is 0 Å². The molecule has 0 aliphatic rings. The molecule has 0 atom stereocenters. The van der Waals surface area contributed by atoms with Gasteiger partial charge in [-0.05, 0) is 53.1 Å². The van der Waals surface area contributed by atoms with Crippen LogP contribution in [0, 0.1) is 0 Å². The lowest BCUT2D eigenvalue weighted by Gasteiger charge is -2.10. The maximum absolute atomic E-state index is 11.2. The van der Waals surface area contributed by atoms with Crippen LogP contribution in [0.1, 0.15) is 15.9 Å². The number of carbonyl (C=O) groups excluding carboxylic acids is 1. The maximum atomic E-state index is 11.2. The summed E-state index contributed by atoms with van der Waals surface area (Å²) in [7, 11) is 1.59. The molecule has 0 fully saturated rings. The van der Waals surface area contributed by atoms with E-state index in [0.717, 1.165) is 16.7 Å². The molecule has 2 N–H and O–H groups in total. The lowest BCUT2D eigenvalue weighted by molar-refractivity contribution is 0.1000. The van der Waals surface area contributed by atoms with Gasteiger partial charge in [0.1, 0.15) is 18.1 Å². The second kappa shape index (κ2) is 7.93. The molecule has 132 valence electrons. The predicted molar refractivity (Wildman–Crippen MR) is 103 cm³/mol. The van der Waals surface area contributed by atoms with Crippen LogP contribution < -0.4 is 15.2 Å². The van der Waals surface area contributed by atoms with E-state index in [1.165, 1.54) is 0 Å². The van der Waals surface area contributed by atoms with Crippen molar-refractivity contribution < 1.29 is 14.3 Å². The van der Waals surface area contributed by atoms with Gasteiger partial charge in [-0.1, -0.05) is 41.9 Å². The Labute approximate surface area is 157 Å². The van der Waals surface area contributed by atoms with Gasteiger partial charge in [-0.25, -0.2) is 0 Å². The standard InChI is InChI=1S/C21H18ClNO3/c1-25-20-9-8-16(12-19(20)22)15-5-2-4-14(10-15)13-26-18-7-3-6-17(11-18)21(23)24/h2-12H,13H2,1H3,(H2,23,24). The Morgan fingerprint density at radius 1 is 1.00 bits per heavy atom. The number of hydrogen-bond donors (Lipinski definition) is 1. The van der Waals surface area contributed by atoms with Crippen molar-refractivity contribution in [1.82, 2.24) is 0 Å². The number of nitrogens with two attached hydrogens (primary N) is 1. The number of hydrogen-bond acceptors (Lipinski definition) is 3. The van der Waals surface area contributed by atoms with E-state index in [1.54, 1.807) is 31.4 Å². The second-order valence-electron chi connectivity index (χ2n) is 5.73. The number of ether oxygens (including phenoxy) is 2. The summed E-state index contributed by atoms with van der Waals surface area (Å²) in [5, 5.41) is 0.565. The van der Waals surface area contributed by atoms with Crippen molar-refractivity contribution in [3.63, 3.8) is 0 Å². The zero-order valence-corrected chi connectivity index (χ0v) is 15.0. The van der Waals surface area contributed by atoms with Crippen molar-refractivity contribution in [1.29, 1.82) is 0 Å². The Bertz CT molecular complexity index is 940. The van der Waals surface area contributed by atoms with Crippen LogP contribution in [0.2, 0.25) is 5.02 Å². The summed E-state index contributed by atoms with van der Waals surface area (Å²) in [6, 6.07) is 20.5. The van der Waals surface area contributed by atoms with Gasteiger partial charge in [0, 0.05) is 5.56 Å². The van der Waals surface area contributed by atoms with Crippen LogP contribution in [0.4, 0.5) is 0 Å². The Morgan fingerprint density at radius 3 is 2.50 bits per heavy atom. The SMILES string of the molecule is COc1ccc(-c2cccc(COc3cccc(C(N)=O)c3)c2)cc1Cl. The van der Waals surface area contributed by atoms with Gasteiger partial charge in [-0.2, -0.15) is 0 Å². The predicted octanol–water partition coefficient (Wildman–Crippen LogP) is 4.69. The molecule has 1 amide bonds. The highest BCUT2D eigenvalue weighted by atomic mass is 35.5. The molecule has 3 aromatic carbocycles. The molecule has 0 aliphatic carbocycles. The molecule has 26 heavy (non-hydrogen) atoms. The average molecular weight is 368 g/mol. The summed E-state index contributed by atoms with van der Waals surface area (Å²) in [5.74, 6) is 0.761. The zero-order chi connectivity index (χ0) is 18.5. The van der Waals surface area contributed by atoms with Crippen molar-refractivity contribution >= 4 is 17.5 Å². The van der Waals surface area contributed by atoms with Crippen molar-refractivity contribution in [3.8, 4) is 22.6 Å². The van der Waals surface area contributed by atoms with Gasteiger partial charge in [0.2, 0.25) is 5.91 Å². The first-order valence-corrected chi connectivity index (χ1v) is 8.40. The fourth-order valence-corrected chi connectivity index (χ4v) is 2.85. The Balaban J connectivity index is 1.76. The van der Waals surface area contributed by atoms with Gasteiger partial charge in [0.15, 0.2) is 0 Å². The molecule has 0 spiro atoms. The first-order valence-electron chi connectivity index (χ1n) is 8.02. The Hall–Kier alpha value is -2.98. The Kier molecular flexibility index (Phi) is 5.44. The van der Waals surface area contributed by atoms with Crippen molar-refractivity contribution in [2.45, 2.75) is 6.61 Å². The average Bonchev–Trinajstić information content (AvgIpc) is 2.67. The van der Waals surface area contributed by atoms with E-state index in [9.17, 15) is 4.79 Å². The van der Waals surface area contributed by atoms with Crippen molar-refractivity contribution in [2.24, 2.45) is 5.73 Å². The van der Waals surface area contributed by atoms with E-state index >= 15 is 0 Å². The van der Waals surface area contributed by atoms with Gasteiger partial charge in [0.25, 0.3) is 0 Å². The minimum absolute atomic E-state index is 0.375. The van der Waals surface area contributed by atoms with Crippen LogP contribution in [-0.2, 0) is 6.61 Å². The molecular formula is C21H18ClNO3. The molecule has 3 aromatic rings.